The fraction of sp³-hybridized carbons (Fsp3) is 0.533. The van der Waals surface area contributed by atoms with E-state index in [0.717, 1.165) is 24.9 Å². The molecule has 1 aromatic carbocycles. The third-order valence-electron chi connectivity index (χ3n) is 3.84. The Kier molecular flexibility index (Phi) is 7.27. The summed E-state index contributed by atoms with van der Waals surface area (Å²) in [4.78, 5) is 22.3. The summed E-state index contributed by atoms with van der Waals surface area (Å²) in [7, 11) is 0. The first kappa shape index (κ1) is 18.4. The van der Waals surface area contributed by atoms with E-state index >= 15 is 0 Å². The number of nitrogens with zero attached hydrogens (tertiary/aromatic N) is 1. The van der Waals surface area contributed by atoms with Gasteiger partial charge in [-0.2, -0.15) is 0 Å². The quantitative estimate of drug-likeness (QED) is 0.621. The first-order valence-corrected chi connectivity index (χ1v) is 7.33. The van der Waals surface area contributed by atoms with Crippen LogP contribution < -0.4 is 10.6 Å². The van der Waals surface area contributed by atoms with Crippen LogP contribution in [0.15, 0.2) is 24.3 Å². The molecule has 1 aliphatic rings. The van der Waals surface area contributed by atoms with Crippen molar-refractivity contribution in [3.63, 3.8) is 0 Å². The van der Waals surface area contributed by atoms with Crippen LogP contribution in [0.1, 0.15) is 44.2 Å². The molecular formula is C15H22ClN3O3. The maximum Gasteiger partial charge on any atom is 0.269 e. The topological polar surface area (TPSA) is 84.3 Å². The van der Waals surface area contributed by atoms with Crippen molar-refractivity contribution >= 4 is 24.0 Å². The molecule has 2 N–H and O–H groups in total. The molecule has 2 atom stereocenters. The van der Waals surface area contributed by atoms with Gasteiger partial charge in [0.2, 0.25) is 5.91 Å². The zero-order chi connectivity index (χ0) is 15.2. The van der Waals surface area contributed by atoms with Crippen molar-refractivity contribution in [1.29, 1.82) is 0 Å². The van der Waals surface area contributed by atoms with Crippen molar-refractivity contribution in [3.8, 4) is 0 Å². The van der Waals surface area contributed by atoms with Gasteiger partial charge in [0.05, 0.1) is 11.0 Å². The maximum absolute atomic E-state index is 11.9. The zero-order valence-electron chi connectivity index (χ0n) is 12.6. The molecule has 0 radical (unpaired) electrons. The summed E-state index contributed by atoms with van der Waals surface area (Å²) in [6, 6.07) is 6.60. The number of nitro benzene ring substituents is 1. The van der Waals surface area contributed by atoms with Crippen LogP contribution in [0.5, 0.6) is 0 Å². The Balaban J connectivity index is 0.00000242. The van der Waals surface area contributed by atoms with Gasteiger partial charge in [-0.05, 0) is 38.3 Å². The molecule has 7 heteroatoms. The fourth-order valence-electron chi connectivity index (χ4n) is 2.61. The zero-order valence-corrected chi connectivity index (χ0v) is 13.4. The summed E-state index contributed by atoms with van der Waals surface area (Å²) in [5.74, 6) is -0.0114. The third-order valence-corrected chi connectivity index (χ3v) is 3.84. The Bertz CT molecular complexity index is 519. The molecule has 0 aliphatic carbocycles. The number of hydrogen-bond acceptors (Lipinski definition) is 4. The second kappa shape index (κ2) is 8.70. The van der Waals surface area contributed by atoms with Crippen LogP contribution in [-0.4, -0.2) is 23.4 Å². The summed E-state index contributed by atoms with van der Waals surface area (Å²) in [6.45, 7) is 2.88. The molecule has 6 nitrogen and oxygen atoms in total. The minimum atomic E-state index is -0.427. The van der Waals surface area contributed by atoms with Crippen molar-refractivity contribution < 1.29 is 9.72 Å². The highest BCUT2D eigenvalue weighted by molar-refractivity contribution is 5.85. The molecule has 2 unspecified atom stereocenters. The van der Waals surface area contributed by atoms with Gasteiger partial charge in [-0.1, -0.05) is 12.1 Å². The average molecular weight is 328 g/mol. The SMILES string of the molecule is CC(NC(=O)CCC1CCCN1)c1cccc([N+](=O)[O-])c1.Cl. The van der Waals surface area contributed by atoms with Crippen LogP contribution in [0, 0.1) is 10.1 Å². The van der Waals surface area contributed by atoms with Crippen LogP contribution in [-0.2, 0) is 4.79 Å². The van der Waals surface area contributed by atoms with E-state index in [9.17, 15) is 14.9 Å². The number of nitrogens with one attached hydrogen (secondary N) is 2. The predicted molar refractivity (Wildman–Crippen MR) is 87.2 cm³/mol. The Morgan fingerprint density at radius 1 is 1.55 bits per heavy atom. The van der Waals surface area contributed by atoms with Gasteiger partial charge in [0, 0.05) is 24.6 Å². The van der Waals surface area contributed by atoms with E-state index in [1.165, 1.54) is 18.6 Å². The lowest BCUT2D eigenvalue weighted by Gasteiger charge is -2.15. The second-order valence-electron chi connectivity index (χ2n) is 5.47. The molecule has 1 fully saturated rings. The van der Waals surface area contributed by atoms with Crippen molar-refractivity contribution in [1.82, 2.24) is 10.6 Å². The van der Waals surface area contributed by atoms with Gasteiger partial charge in [-0.15, -0.1) is 12.4 Å². The third kappa shape index (κ3) is 5.27. The molecular weight excluding hydrogens is 306 g/mol. The molecule has 0 saturated carbocycles. The molecule has 122 valence electrons. The van der Waals surface area contributed by atoms with E-state index in [0.29, 0.717) is 12.5 Å². The number of rotatable bonds is 6. The van der Waals surface area contributed by atoms with E-state index in [2.05, 4.69) is 10.6 Å². The van der Waals surface area contributed by atoms with Crippen LogP contribution >= 0.6 is 12.4 Å². The largest absolute Gasteiger partial charge is 0.350 e. The molecule has 1 heterocycles. The smallest absolute Gasteiger partial charge is 0.269 e. The molecule has 0 aromatic heterocycles. The predicted octanol–water partition coefficient (Wildman–Crippen LogP) is 2.73. The van der Waals surface area contributed by atoms with Gasteiger partial charge in [-0.25, -0.2) is 0 Å². The van der Waals surface area contributed by atoms with Crippen molar-refractivity contribution in [2.45, 2.75) is 44.7 Å². The van der Waals surface area contributed by atoms with Crippen molar-refractivity contribution in [3.05, 3.63) is 39.9 Å². The molecule has 22 heavy (non-hydrogen) atoms. The van der Waals surface area contributed by atoms with E-state index in [-0.39, 0.29) is 30.0 Å². The lowest BCUT2D eigenvalue weighted by molar-refractivity contribution is -0.384. The number of benzene rings is 1. The van der Waals surface area contributed by atoms with E-state index in [1.54, 1.807) is 12.1 Å². The molecule has 1 amide bonds. The second-order valence-corrected chi connectivity index (χ2v) is 5.47. The van der Waals surface area contributed by atoms with E-state index in [4.69, 9.17) is 0 Å². The lowest BCUT2D eigenvalue weighted by atomic mass is 10.1. The van der Waals surface area contributed by atoms with Crippen LogP contribution in [0.25, 0.3) is 0 Å². The maximum atomic E-state index is 11.9. The molecule has 1 aliphatic heterocycles. The lowest BCUT2D eigenvalue weighted by Crippen LogP contribution is -2.29. The highest BCUT2D eigenvalue weighted by atomic mass is 35.5. The number of hydrogen-bond donors (Lipinski definition) is 2. The summed E-state index contributed by atoms with van der Waals surface area (Å²) in [6.07, 6.45) is 3.63. The van der Waals surface area contributed by atoms with Crippen LogP contribution in [0.2, 0.25) is 0 Å². The summed E-state index contributed by atoms with van der Waals surface area (Å²) < 4.78 is 0. The number of nitro groups is 1. The Hall–Kier alpha value is -1.66. The van der Waals surface area contributed by atoms with Gasteiger partial charge in [0.25, 0.3) is 5.69 Å². The van der Waals surface area contributed by atoms with Gasteiger partial charge >= 0.3 is 0 Å². The number of halogens is 1. The highest BCUT2D eigenvalue weighted by Crippen LogP contribution is 2.19. The fourth-order valence-corrected chi connectivity index (χ4v) is 2.61. The Labute approximate surface area is 136 Å². The van der Waals surface area contributed by atoms with E-state index in [1.807, 2.05) is 6.92 Å². The van der Waals surface area contributed by atoms with Gasteiger partial charge in [0.15, 0.2) is 0 Å². The number of amides is 1. The van der Waals surface area contributed by atoms with Crippen molar-refractivity contribution in [2.75, 3.05) is 6.54 Å². The van der Waals surface area contributed by atoms with Gasteiger partial charge in [0.1, 0.15) is 0 Å². The summed E-state index contributed by atoms with van der Waals surface area (Å²) >= 11 is 0. The Morgan fingerprint density at radius 3 is 2.95 bits per heavy atom. The molecule has 1 aromatic rings. The van der Waals surface area contributed by atoms with Crippen LogP contribution in [0.4, 0.5) is 5.69 Å². The number of carbonyl (C=O) groups excluding carboxylic acids is 1. The first-order valence-electron chi connectivity index (χ1n) is 7.33. The molecule has 0 spiro atoms. The number of non-ortho nitro benzene ring substituents is 1. The monoisotopic (exact) mass is 327 g/mol. The molecule has 0 bridgehead atoms. The standard InChI is InChI=1S/C15H21N3O3.ClH/c1-11(12-4-2-6-14(10-12)18(20)21)17-15(19)8-7-13-5-3-9-16-13;/h2,4,6,10-11,13,16H,3,5,7-9H2,1H3,(H,17,19);1H. The average Bonchev–Trinajstić information content (AvgIpc) is 2.98. The number of carbonyl (C=O) groups is 1. The minimum absolute atomic E-state index is 0. The normalized spacial score (nSPS) is 18.3. The highest BCUT2D eigenvalue weighted by Gasteiger charge is 2.17. The van der Waals surface area contributed by atoms with Crippen LogP contribution in [0.3, 0.4) is 0 Å². The first-order chi connectivity index (χ1) is 10.1. The van der Waals surface area contributed by atoms with Crippen molar-refractivity contribution in [2.24, 2.45) is 0 Å². The van der Waals surface area contributed by atoms with Gasteiger partial charge in [-0.3, -0.25) is 14.9 Å². The molecule has 1 saturated heterocycles. The van der Waals surface area contributed by atoms with E-state index < -0.39 is 4.92 Å². The minimum Gasteiger partial charge on any atom is -0.350 e. The van der Waals surface area contributed by atoms with Gasteiger partial charge < -0.3 is 10.6 Å². The Morgan fingerprint density at radius 2 is 2.32 bits per heavy atom. The molecule has 2 rings (SSSR count). The summed E-state index contributed by atoms with van der Waals surface area (Å²) in [5, 5.41) is 17.0. The summed E-state index contributed by atoms with van der Waals surface area (Å²) in [5.41, 5.74) is 0.792.